The van der Waals surface area contributed by atoms with Crippen LogP contribution in [0.3, 0.4) is 0 Å². The van der Waals surface area contributed by atoms with E-state index in [0.29, 0.717) is 22.8 Å². The number of rotatable bonds is 4. The number of fused-ring (bicyclic) bond motifs is 1. The van der Waals surface area contributed by atoms with E-state index in [1.807, 2.05) is 36.4 Å². The molecular formula is C18H17NO4. The van der Waals surface area contributed by atoms with Gasteiger partial charge in [-0.05, 0) is 42.5 Å². The molecule has 0 spiro atoms. The SMILES string of the molecule is COc1ccc(OC)c(/C=C2/C(=O)Nc3ccc(OC)cc32)c1. The van der Waals surface area contributed by atoms with Gasteiger partial charge in [-0.3, -0.25) is 4.79 Å². The maximum atomic E-state index is 12.3. The van der Waals surface area contributed by atoms with Crippen molar-refractivity contribution in [2.75, 3.05) is 26.6 Å². The van der Waals surface area contributed by atoms with Gasteiger partial charge in [0.1, 0.15) is 17.2 Å². The maximum absolute atomic E-state index is 12.3. The second-order valence-corrected chi connectivity index (χ2v) is 5.03. The predicted octanol–water partition coefficient (Wildman–Crippen LogP) is 3.21. The highest BCUT2D eigenvalue weighted by molar-refractivity contribution is 6.35. The zero-order chi connectivity index (χ0) is 16.4. The summed E-state index contributed by atoms with van der Waals surface area (Å²) in [5.41, 5.74) is 2.90. The molecule has 23 heavy (non-hydrogen) atoms. The molecule has 2 aromatic carbocycles. The van der Waals surface area contributed by atoms with Crippen LogP contribution in [0.15, 0.2) is 36.4 Å². The van der Waals surface area contributed by atoms with Crippen LogP contribution in [0.4, 0.5) is 5.69 Å². The highest BCUT2D eigenvalue weighted by Gasteiger charge is 2.25. The van der Waals surface area contributed by atoms with Gasteiger partial charge in [0.2, 0.25) is 0 Å². The minimum absolute atomic E-state index is 0.155. The molecule has 0 bridgehead atoms. The van der Waals surface area contributed by atoms with Crippen molar-refractivity contribution >= 4 is 23.2 Å². The van der Waals surface area contributed by atoms with Gasteiger partial charge >= 0.3 is 0 Å². The van der Waals surface area contributed by atoms with Crippen LogP contribution in [0.2, 0.25) is 0 Å². The molecule has 0 saturated carbocycles. The fraction of sp³-hybridized carbons (Fsp3) is 0.167. The van der Waals surface area contributed by atoms with Gasteiger partial charge in [-0.15, -0.1) is 0 Å². The predicted molar refractivity (Wildman–Crippen MR) is 89.0 cm³/mol. The molecule has 5 heteroatoms. The van der Waals surface area contributed by atoms with Crippen LogP contribution < -0.4 is 19.5 Å². The third-order valence-corrected chi connectivity index (χ3v) is 3.75. The summed E-state index contributed by atoms with van der Waals surface area (Å²) in [5, 5.41) is 2.85. The van der Waals surface area contributed by atoms with Gasteiger partial charge < -0.3 is 19.5 Å². The maximum Gasteiger partial charge on any atom is 0.256 e. The number of methoxy groups -OCH3 is 3. The number of ether oxygens (including phenoxy) is 3. The van der Waals surface area contributed by atoms with Crippen molar-refractivity contribution < 1.29 is 19.0 Å². The second-order valence-electron chi connectivity index (χ2n) is 5.03. The summed E-state index contributed by atoms with van der Waals surface area (Å²) in [6.45, 7) is 0. The first-order valence-corrected chi connectivity index (χ1v) is 7.09. The number of anilines is 1. The summed E-state index contributed by atoms with van der Waals surface area (Å²) in [5.74, 6) is 1.91. The Bertz CT molecular complexity index is 796. The molecule has 0 saturated heterocycles. The number of amides is 1. The summed E-state index contributed by atoms with van der Waals surface area (Å²) in [4.78, 5) is 12.3. The van der Waals surface area contributed by atoms with Crippen molar-refractivity contribution in [3.63, 3.8) is 0 Å². The van der Waals surface area contributed by atoms with Crippen LogP contribution in [-0.2, 0) is 4.79 Å². The lowest BCUT2D eigenvalue weighted by Gasteiger charge is -2.08. The molecule has 5 nitrogen and oxygen atoms in total. The van der Waals surface area contributed by atoms with Gasteiger partial charge in [-0.25, -0.2) is 0 Å². The fourth-order valence-corrected chi connectivity index (χ4v) is 2.55. The van der Waals surface area contributed by atoms with E-state index in [-0.39, 0.29) is 5.91 Å². The Balaban J connectivity index is 2.12. The van der Waals surface area contributed by atoms with Crippen molar-refractivity contribution in [2.24, 2.45) is 0 Å². The molecule has 0 aromatic heterocycles. The quantitative estimate of drug-likeness (QED) is 0.881. The Kier molecular flexibility index (Phi) is 3.93. The van der Waals surface area contributed by atoms with Crippen LogP contribution in [-0.4, -0.2) is 27.2 Å². The standard InChI is InChI=1S/C18H17NO4/c1-21-12-5-7-17(23-3)11(8-12)9-15-14-10-13(22-2)4-6-16(14)19-18(15)20/h4-10H,1-3H3,(H,19,20)/b15-9+. The van der Waals surface area contributed by atoms with E-state index in [1.54, 1.807) is 27.4 Å². The highest BCUT2D eigenvalue weighted by atomic mass is 16.5. The van der Waals surface area contributed by atoms with Crippen molar-refractivity contribution in [2.45, 2.75) is 0 Å². The van der Waals surface area contributed by atoms with Crippen molar-refractivity contribution in [3.8, 4) is 17.2 Å². The number of carbonyl (C=O) groups is 1. The largest absolute Gasteiger partial charge is 0.497 e. The number of nitrogens with one attached hydrogen (secondary N) is 1. The smallest absolute Gasteiger partial charge is 0.256 e. The first-order chi connectivity index (χ1) is 11.2. The molecule has 0 atom stereocenters. The molecule has 0 unspecified atom stereocenters. The van der Waals surface area contributed by atoms with Crippen LogP contribution in [0.1, 0.15) is 11.1 Å². The Morgan fingerprint density at radius 1 is 0.913 bits per heavy atom. The van der Waals surface area contributed by atoms with E-state index in [2.05, 4.69) is 5.32 Å². The van der Waals surface area contributed by atoms with Crippen LogP contribution in [0, 0.1) is 0 Å². The molecule has 1 aliphatic heterocycles. The van der Waals surface area contributed by atoms with Crippen molar-refractivity contribution in [1.29, 1.82) is 0 Å². The van der Waals surface area contributed by atoms with E-state index < -0.39 is 0 Å². The van der Waals surface area contributed by atoms with E-state index in [0.717, 1.165) is 16.8 Å². The number of benzene rings is 2. The van der Waals surface area contributed by atoms with Gasteiger partial charge in [0, 0.05) is 22.4 Å². The highest BCUT2D eigenvalue weighted by Crippen LogP contribution is 2.37. The van der Waals surface area contributed by atoms with E-state index in [9.17, 15) is 4.79 Å². The van der Waals surface area contributed by atoms with Crippen LogP contribution in [0.25, 0.3) is 11.6 Å². The van der Waals surface area contributed by atoms with E-state index in [4.69, 9.17) is 14.2 Å². The lowest BCUT2D eigenvalue weighted by molar-refractivity contribution is -0.110. The van der Waals surface area contributed by atoms with Crippen molar-refractivity contribution in [1.82, 2.24) is 0 Å². The lowest BCUT2D eigenvalue weighted by Crippen LogP contribution is -2.03. The van der Waals surface area contributed by atoms with Gasteiger partial charge in [-0.1, -0.05) is 0 Å². The first-order valence-electron chi connectivity index (χ1n) is 7.09. The van der Waals surface area contributed by atoms with Gasteiger partial charge in [0.25, 0.3) is 5.91 Å². The second kappa shape index (κ2) is 6.04. The third kappa shape index (κ3) is 2.73. The zero-order valence-electron chi connectivity index (χ0n) is 13.2. The topological polar surface area (TPSA) is 56.8 Å². The molecule has 0 radical (unpaired) electrons. The normalized spacial score (nSPS) is 14.4. The van der Waals surface area contributed by atoms with Crippen LogP contribution >= 0.6 is 0 Å². The Hall–Kier alpha value is -2.95. The molecule has 0 aliphatic carbocycles. The zero-order valence-corrected chi connectivity index (χ0v) is 13.2. The monoisotopic (exact) mass is 311 g/mol. The molecule has 1 aliphatic rings. The van der Waals surface area contributed by atoms with E-state index in [1.165, 1.54) is 0 Å². The number of hydrogen-bond donors (Lipinski definition) is 1. The minimum atomic E-state index is -0.155. The minimum Gasteiger partial charge on any atom is -0.497 e. The lowest BCUT2D eigenvalue weighted by atomic mass is 10.0. The summed E-state index contributed by atoms with van der Waals surface area (Å²) < 4.78 is 15.9. The molecule has 1 amide bonds. The summed E-state index contributed by atoms with van der Waals surface area (Å²) in [7, 11) is 4.79. The molecular weight excluding hydrogens is 294 g/mol. The molecule has 118 valence electrons. The third-order valence-electron chi connectivity index (χ3n) is 3.75. The molecule has 3 rings (SSSR count). The molecule has 1 N–H and O–H groups in total. The van der Waals surface area contributed by atoms with Crippen molar-refractivity contribution in [3.05, 3.63) is 47.5 Å². The Morgan fingerprint density at radius 2 is 1.61 bits per heavy atom. The molecule has 1 heterocycles. The van der Waals surface area contributed by atoms with Gasteiger partial charge in [-0.2, -0.15) is 0 Å². The van der Waals surface area contributed by atoms with E-state index >= 15 is 0 Å². The summed E-state index contributed by atoms with van der Waals surface area (Å²) >= 11 is 0. The number of carbonyl (C=O) groups excluding carboxylic acids is 1. The summed E-state index contributed by atoms with van der Waals surface area (Å²) in [6.07, 6.45) is 1.79. The summed E-state index contributed by atoms with van der Waals surface area (Å²) in [6, 6.07) is 10.9. The fourth-order valence-electron chi connectivity index (χ4n) is 2.55. The van der Waals surface area contributed by atoms with Crippen LogP contribution in [0.5, 0.6) is 17.2 Å². The molecule has 0 fully saturated rings. The molecule has 2 aromatic rings. The Morgan fingerprint density at radius 3 is 2.30 bits per heavy atom. The number of hydrogen-bond acceptors (Lipinski definition) is 4. The first kappa shape index (κ1) is 15.0. The van der Waals surface area contributed by atoms with Gasteiger partial charge in [0.15, 0.2) is 0 Å². The Labute approximate surface area is 134 Å². The van der Waals surface area contributed by atoms with Gasteiger partial charge in [0.05, 0.1) is 21.3 Å². The average molecular weight is 311 g/mol. The average Bonchev–Trinajstić information content (AvgIpc) is 2.89.